The van der Waals surface area contributed by atoms with Crippen LogP contribution < -0.4 is 4.72 Å². The molecule has 0 radical (unpaired) electrons. The second-order valence-corrected chi connectivity index (χ2v) is 16.5. The van der Waals surface area contributed by atoms with Gasteiger partial charge in [-0.2, -0.15) is 0 Å². The molecule has 2 rings (SSSR count). The molecular weight excluding hydrogens is 370 g/mol. The third kappa shape index (κ3) is 5.73. The molecule has 0 spiro atoms. The van der Waals surface area contributed by atoms with Crippen molar-refractivity contribution in [3.05, 3.63) is 48.0 Å². The third-order valence-corrected chi connectivity index (χ3v) is 11.5. The van der Waals surface area contributed by atoms with Crippen LogP contribution >= 0.6 is 0 Å². The van der Waals surface area contributed by atoms with Crippen molar-refractivity contribution in [3.63, 3.8) is 0 Å². The molecule has 5 heteroatoms. The van der Waals surface area contributed by atoms with E-state index in [1.807, 2.05) is 32.9 Å². The lowest BCUT2D eigenvalue weighted by molar-refractivity contribution is 0.257. The summed E-state index contributed by atoms with van der Waals surface area (Å²) >= 11 is 0. The molecule has 0 amide bonds. The van der Waals surface area contributed by atoms with E-state index in [1.54, 1.807) is 0 Å². The van der Waals surface area contributed by atoms with Crippen LogP contribution in [0.15, 0.2) is 42.5 Å². The Kier molecular flexibility index (Phi) is 6.73. The summed E-state index contributed by atoms with van der Waals surface area (Å²) in [5, 5.41) is 2.54. The molecule has 2 aromatic carbocycles. The quantitative estimate of drug-likeness (QED) is 0.603. The van der Waals surface area contributed by atoms with Crippen LogP contribution in [0.25, 0.3) is 10.8 Å². The van der Waals surface area contributed by atoms with Gasteiger partial charge in [-0.1, -0.05) is 57.2 Å². The van der Waals surface area contributed by atoms with Crippen LogP contribution in [0.3, 0.4) is 0 Å². The average Bonchev–Trinajstić information content (AvgIpc) is 2.56. The van der Waals surface area contributed by atoms with Crippen LogP contribution in [0.2, 0.25) is 18.1 Å². The third-order valence-electron chi connectivity index (χ3n) is 5.40. The smallest absolute Gasteiger partial charge is 0.192 e. The van der Waals surface area contributed by atoms with E-state index >= 15 is 0 Å². The van der Waals surface area contributed by atoms with Crippen LogP contribution in [-0.2, 0) is 15.4 Å². The van der Waals surface area contributed by atoms with Crippen LogP contribution in [-0.4, -0.2) is 23.9 Å². The molecule has 0 aliphatic heterocycles. The number of hydrogen-bond donors (Lipinski definition) is 1. The Morgan fingerprint density at radius 1 is 1.00 bits per heavy atom. The standard InChI is InChI=1S/C22H35NO2SSi/c1-21(2,3)26(24)23-20(16-25-27(7,8)22(4,5)6)19-14-13-17-11-9-10-12-18(17)15-19/h9-15,20,23H,16H2,1-8H3/t20-,26+/m0/s1. The van der Waals surface area contributed by atoms with Crippen LogP contribution in [0.5, 0.6) is 0 Å². The molecular formula is C22H35NO2SSi. The monoisotopic (exact) mass is 405 g/mol. The Morgan fingerprint density at radius 3 is 2.15 bits per heavy atom. The molecule has 2 atom stereocenters. The molecule has 0 saturated heterocycles. The van der Waals surface area contributed by atoms with Crippen LogP contribution in [0, 0.1) is 0 Å². The van der Waals surface area contributed by atoms with Crippen molar-refractivity contribution in [3.8, 4) is 0 Å². The molecule has 0 heterocycles. The summed E-state index contributed by atoms with van der Waals surface area (Å²) in [5.41, 5.74) is 1.12. The first-order valence-electron chi connectivity index (χ1n) is 9.62. The lowest BCUT2D eigenvalue weighted by atomic mass is 10.0. The molecule has 1 N–H and O–H groups in total. The molecule has 0 aromatic heterocycles. The summed E-state index contributed by atoms with van der Waals surface area (Å²) < 4.78 is 22.3. The van der Waals surface area contributed by atoms with Gasteiger partial charge in [0, 0.05) is 0 Å². The van der Waals surface area contributed by atoms with E-state index in [2.05, 4.69) is 68.9 Å². The zero-order valence-electron chi connectivity index (χ0n) is 18.1. The van der Waals surface area contributed by atoms with Gasteiger partial charge in [0.15, 0.2) is 8.32 Å². The molecule has 27 heavy (non-hydrogen) atoms. The topological polar surface area (TPSA) is 38.3 Å². The molecule has 2 aromatic rings. The molecule has 0 bridgehead atoms. The van der Waals surface area contributed by atoms with Crippen molar-refractivity contribution < 1.29 is 8.63 Å². The predicted molar refractivity (Wildman–Crippen MR) is 121 cm³/mol. The number of fused-ring (bicyclic) bond motifs is 1. The van der Waals surface area contributed by atoms with Crippen LogP contribution in [0.1, 0.15) is 53.1 Å². The molecule has 0 aliphatic rings. The first-order chi connectivity index (χ1) is 12.3. The number of rotatable bonds is 6. The van der Waals surface area contributed by atoms with E-state index in [0.29, 0.717) is 6.61 Å². The van der Waals surface area contributed by atoms with Gasteiger partial charge in [-0.15, -0.1) is 0 Å². The van der Waals surface area contributed by atoms with Gasteiger partial charge in [-0.05, 0) is 61.3 Å². The highest BCUT2D eigenvalue weighted by atomic mass is 32.2. The largest absolute Gasteiger partial charge is 0.415 e. The average molecular weight is 406 g/mol. The fraction of sp³-hybridized carbons (Fsp3) is 0.545. The van der Waals surface area contributed by atoms with Crippen molar-refractivity contribution in [1.82, 2.24) is 4.72 Å². The van der Waals surface area contributed by atoms with E-state index < -0.39 is 19.3 Å². The van der Waals surface area contributed by atoms with E-state index in [9.17, 15) is 4.21 Å². The first-order valence-corrected chi connectivity index (χ1v) is 13.7. The molecule has 3 nitrogen and oxygen atoms in total. The zero-order valence-corrected chi connectivity index (χ0v) is 19.9. The number of hydrogen-bond acceptors (Lipinski definition) is 2. The van der Waals surface area contributed by atoms with Gasteiger partial charge < -0.3 is 4.43 Å². The molecule has 0 aliphatic carbocycles. The molecule has 0 unspecified atom stereocenters. The lowest BCUT2D eigenvalue weighted by Crippen LogP contribution is -2.44. The highest BCUT2D eigenvalue weighted by molar-refractivity contribution is 7.84. The summed E-state index contributed by atoms with van der Waals surface area (Å²) in [5.74, 6) is 0. The summed E-state index contributed by atoms with van der Waals surface area (Å²) in [6, 6.07) is 14.7. The van der Waals surface area contributed by atoms with E-state index in [4.69, 9.17) is 4.43 Å². The van der Waals surface area contributed by atoms with Gasteiger partial charge in [0.25, 0.3) is 0 Å². The minimum absolute atomic E-state index is 0.108. The maximum Gasteiger partial charge on any atom is 0.192 e. The van der Waals surface area contributed by atoms with E-state index in [-0.39, 0.29) is 15.8 Å². The minimum atomic E-state index is -1.89. The highest BCUT2D eigenvalue weighted by Crippen LogP contribution is 2.37. The van der Waals surface area contributed by atoms with Crippen molar-refractivity contribution in [2.75, 3.05) is 6.61 Å². The predicted octanol–water partition coefficient (Wildman–Crippen LogP) is 5.95. The summed E-state index contributed by atoms with van der Waals surface area (Å²) in [4.78, 5) is 0. The minimum Gasteiger partial charge on any atom is -0.415 e. The Labute approximate surface area is 168 Å². The second kappa shape index (κ2) is 8.16. The highest BCUT2D eigenvalue weighted by Gasteiger charge is 2.38. The zero-order chi connectivity index (χ0) is 20.5. The fourth-order valence-corrected chi connectivity index (χ4v) is 4.27. The summed E-state index contributed by atoms with van der Waals surface area (Å²) in [7, 11) is -3.06. The Morgan fingerprint density at radius 2 is 1.59 bits per heavy atom. The second-order valence-electron chi connectivity index (χ2n) is 9.73. The van der Waals surface area contributed by atoms with Gasteiger partial charge >= 0.3 is 0 Å². The summed E-state index contributed by atoms with van der Waals surface area (Å²) in [6.45, 7) is 17.7. The van der Waals surface area contributed by atoms with Gasteiger partial charge in [-0.25, -0.2) is 8.93 Å². The SMILES string of the molecule is CC(C)(C)[S@@](=O)N[C@@H](CO[Si](C)(C)C(C)(C)C)c1ccc2ccccc2c1. The van der Waals surface area contributed by atoms with Crippen molar-refractivity contribution in [1.29, 1.82) is 0 Å². The maximum absolute atomic E-state index is 12.8. The molecule has 0 saturated carbocycles. The Balaban J connectivity index is 2.32. The number of nitrogens with one attached hydrogen (secondary N) is 1. The summed E-state index contributed by atoms with van der Waals surface area (Å²) in [6.07, 6.45) is 0. The van der Waals surface area contributed by atoms with Gasteiger partial charge in [0.05, 0.1) is 28.4 Å². The van der Waals surface area contributed by atoms with Gasteiger partial charge in [-0.3, -0.25) is 0 Å². The maximum atomic E-state index is 12.8. The van der Waals surface area contributed by atoms with E-state index in [1.165, 1.54) is 10.8 Å². The first kappa shape index (κ1) is 22.3. The lowest BCUT2D eigenvalue weighted by Gasteiger charge is -2.37. The normalized spacial score (nSPS) is 15.7. The Bertz CT molecular complexity index is 806. The van der Waals surface area contributed by atoms with Crippen molar-refractivity contribution in [2.45, 2.75) is 70.5 Å². The van der Waals surface area contributed by atoms with Gasteiger partial charge in [0.1, 0.15) is 0 Å². The fourth-order valence-electron chi connectivity index (χ4n) is 2.44. The van der Waals surface area contributed by atoms with Crippen LogP contribution in [0.4, 0.5) is 0 Å². The Hall–Kier alpha value is -1.01. The molecule has 0 fully saturated rings. The molecule has 150 valence electrons. The van der Waals surface area contributed by atoms with Crippen molar-refractivity contribution in [2.24, 2.45) is 0 Å². The van der Waals surface area contributed by atoms with Crippen molar-refractivity contribution >= 4 is 30.1 Å². The number of benzene rings is 2. The van der Waals surface area contributed by atoms with E-state index in [0.717, 1.165) is 5.56 Å². The van der Waals surface area contributed by atoms with Gasteiger partial charge in [0.2, 0.25) is 0 Å².